The molecule has 0 saturated heterocycles. The van der Waals surface area contributed by atoms with Crippen LogP contribution in [0.5, 0.6) is 0 Å². The molecule has 1 heterocycles. The van der Waals surface area contributed by atoms with Crippen LogP contribution in [-0.4, -0.2) is 34.1 Å². The molecule has 19 heavy (non-hydrogen) atoms. The fraction of sp³-hybridized carbons (Fsp3) is 0.250. The fourth-order valence-corrected chi connectivity index (χ4v) is 3.45. The second-order valence-corrected chi connectivity index (χ2v) is 5.88. The lowest BCUT2D eigenvalue weighted by Gasteiger charge is -2.28. The van der Waals surface area contributed by atoms with E-state index < -0.39 is 11.5 Å². The largest absolute Gasteiger partial charge is 0.480 e. The van der Waals surface area contributed by atoms with Crippen LogP contribution in [-0.2, 0) is 10.3 Å². The van der Waals surface area contributed by atoms with Gasteiger partial charge in [-0.3, -0.25) is 0 Å². The van der Waals surface area contributed by atoms with Gasteiger partial charge in [-0.1, -0.05) is 53.4 Å². The summed E-state index contributed by atoms with van der Waals surface area (Å²) in [6.07, 6.45) is 0. The van der Waals surface area contributed by atoms with Crippen LogP contribution in [0.4, 0.5) is 0 Å². The standard InChI is InChI=1S/C12H13N3O2S2/c1-13-12(10(16)17,9-5-3-2-4-6-9)7-18-11-15-14-8-19-11/h2-6,8,13H,7H2,1H3,(H,16,17). The highest BCUT2D eigenvalue weighted by atomic mass is 32.2. The van der Waals surface area contributed by atoms with Crippen molar-refractivity contribution >= 4 is 29.1 Å². The Morgan fingerprint density at radius 2 is 2.21 bits per heavy atom. The van der Waals surface area contributed by atoms with E-state index in [2.05, 4.69) is 15.5 Å². The van der Waals surface area contributed by atoms with E-state index in [9.17, 15) is 9.90 Å². The van der Waals surface area contributed by atoms with Crippen LogP contribution in [0.25, 0.3) is 0 Å². The van der Waals surface area contributed by atoms with E-state index in [0.717, 1.165) is 9.90 Å². The lowest BCUT2D eigenvalue weighted by molar-refractivity contribution is -0.144. The average molecular weight is 295 g/mol. The van der Waals surface area contributed by atoms with Gasteiger partial charge in [0, 0.05) is 5.75 Å². The summed E-state index contributed by atoms with van der Waals surface area (Å²) in [4.78, 5) is 11.7. The van der Waals surface area contributed by atoms with E-state index in [1.54, 1.807) is 12.6 Å². The molecule has 100 valence electrons. The molecule has 1 aromatic heterocycles. The molecule has 7 heteroatoms. The molecular formula is C12H13N3O2S2. The molecule has 0 spiro atoms. The van der Waals surface area contributed by atoms with Crippen molar-refractivity contribution in [1.29, 1.82) is 0 Å². The molecule has 1 atom stereocenters. The van der Waals surface area contributed by atoms with Gasteiger partial charge in [0.2, 0.25) is 0 Å². The van der Waals surface area contributed by atoms with Crippen molar-refractivity contribution in [2.24, 2.45) is 0 Å². The van der Waals surface area contributed by atoms with E-state index in [1.165, 1.54) is 23.1 Å². The van der Waals surface area contributed by atoms with Crippen molar-refractivity contribution in [2.75, 3.05) is 12.8 Å². The third-order valence-corrected chi connectivity index (χ3v) is 4.84. The number of carbonyl (C=O) groups is 1. The number of hydrogen-bond donors (Lipinski definition) is 2. The van der Waals surface area contributed by atoms with Crippen LogP contribution >= 0.6 is 23.1 Å². The number of thioether (sulfide) groups is 1. The monoisotopic (exact) mass is 295 g/mol. The van der Waals surface area contributed by atoms with Gasteiger partial charge in [-0.2, -0.15) is 0 Å². The Labute approximate surface area is 119 Å². The molecule has 1 unspecified atom stereocenters. The van der Waals surface area contributed by atoms with Gasteiger partial charge >= 0.3 is 5.97 Å². The Hall–Kier alpha value is -1.44. The van der Waals surface area contributed by atoms with Gasteiger partial charge in [-0.15, -0.1) is 10.2 Å². The van der Waals surface area contributed by atoms with Crippen molar-refractivity contribution in [1.82, 2.24) is 15.5 Å². The summed E-state index contributed by atoms with van der Waals surface area (Å²) in [6, 6.07) is 9.15. The van der Waals surface area contributed by atoms with Crippen LogP contribution in [0.3, 0.4) is 0 Å². The second kappa shape index (κ2) is 6.14. The number of rotatable bonds is 6. The van der Waals surface area contributed by atoms with Crippen molar-refractivity contribution in [2.45, 2.75) is 9.88 Å². The van der Waals surface area contributed by atoms with Gasteiger partial charge in [0.25, 0.3) is 0 Å². The first-order valence-electron chi connectivity index (χ1n) is 5.56. The molecule has 0 aliphatic heterocycles. The number of carboxylic acid groups (broad SMARTS) is 1. The molecule has 1 aromatic carbocycles. The number of carboxylic acids is 1. The van der Waals surface area contributed by atoms with Gasteiger partial charge < -0.3 is 10.4 Å². The number of aromatic nitrogens is 2. The molecule has 0 amide bonds. The molecule has 2 rings (SSSR count). The number of hydrogen-bond acceptors (Lipinski definition) is 6. The Kier molecular flexibility index (Phi) is 4.52. The smallest absolute Gasteiger partial charge is 0.329 e. The van der Waals surface area contributed by atoms with E-state index >= 15 is 0 Å². The summed E-state index contributed by atoms with van der Waals surface area (Å²) < 4.78 is 0.761. The molecule has 0 aliphatic rings. The maximum Gasteiger partial charge on any atom is 0.329 e. The Bertz CT molecular complexity index is 533. The van der Waals surface area contributed by atoms with E-state index in [1.807, 2.05) is 30.3 Å². The molecular weight excluding hydrogens is 282 g/mol. The highest BCUT2D eigenvalue weighted by Gasteiger charge is 2.39. The van der Waals surface area contributed by atoms with Crippen LogP contribution in [0.15, 0.2) is 40.2 Å². The number of likely N-dealkylation sites (N-methyl/N-ethyl adjacent to an activating group) is 1. The lowest BCUT2D eigenvalue weighted by Crippen LogP contribution is -2.49. The zero-order chi connectivity index (χ0) is 13.7. The minimum atomic E-state index is -1.13. The van der Waals surface area contributed by atoms with Gasteiger partial charge in [0.15, 0.2) is 9.88 Å². The summed E-state index contributed by atoms with van der Waals surface area (Å²) in [5, 5.41) is 20.2. The Morgan fingerprint density at radius 1 is 1.47 bits per heavy atom. The summed E-state index contributed by atoms with van der Waals surface area (Å²) in [5.41, 5.74) is 1.23. The van der Waals surface area contributed by atoms with Crippen molar-refractivity contribution in [3.05, 3.63) is 41.4 Å². The maximum absolute atomic E-state index is 11.7. The summed E-state index contributed by atoms with van der Waals surface area (Å²) >= 11 is 2.78. The number of aliphatic carboxylic acids is 1. The zero-order valence-electron chi connectivity index (χ0n) is 10.2. The number of nitrogens with zero attached hydrogens (tertiary/aromatic N) is 2. The van der Waals surface area contributed by atoms with Gasteiger partial charge in [-0.05, 0) is 12.6 Å². The molecule has 0 saturated carbocycles. The molecule has 2 aromatic rings. The maximum atomic E-state index is 11.7. The molecule has 2 N–H and O–H groups in total. The SMILES string of the molecule is CNC(CSc1nncs1)(C(=O)O)c1ccccc1. The predicted octanol–water partition coefficient (Wildman–Crippen LogP) is 1.83. The van der Waals surface area contributed by atoms with E-state index in [-0.39, 0.29) is 0 Å². The molecule has 0 bridgehead atoms. The highest BCUT2D eigenvalue weighted by molar-refractivity contribution is 8.01. The van der Waals surface area contributed by atoms with Crippen LogP contribution in [0.2, 0.25) is 0 Å². The Morgan fingerprint density at radius 3 is 2.74 bits per heavy atom. The van der Waals surface area contributed by atoms with E-state index in [0.29, 0.717) is 5.75 Å². The molecule has 5 nitrogen and oxygen atoms in total. The summed E-state index contributed by atoms with van der Waals surface area (Å²) in [6.45, 7) is 0. The highest BCUT2D eigenvalue weighted by Crippen LogP contribution is 2.30. The number of benzene rings is 1. The lowest BCUT2D eigenvalue weighted by atomic mass is 9.92. The van der Waals surface area contributed by atoms with Crippen LogP contribution in [0, 0.1) is 0 Å². The van der Waals surface area contributed by atoms with Crippen molar-refractivity contribution in [3.8, 4) is 0 Å². The van der Waals surface area contributed by atoms with Crippen LogP contribution < -0.4 is 5.32 Å². The first kappa shape index (κ1) is 14.0. The fourth-order valence-electron chi connectivity index (χ4n) is 1.71. The third-order valence-electron chi connectivity index (χ3n) is 2.81. The number of nitrogens with one attached hydrogen (secondary N) is 1. The van der Waals surface area contributed by atoms with Crippen molar-refractivity contribution in [3.63, 3.8) is 0 Å². The molecule has 0 aliphatic carbocycles. The topological polar surface area (TPSA) is 75.1 Å². The minimum absolute atomic E-state index is 0.345. The van der Waals surface area contributed by atoms with Crippen molar-refractivity contribution < 1.29 is 9.90 Å². The van der Waals surface area contributed by atoms with Gasteiger partial charge in [0.05, 0.1) is 0 Å². The second-order valence-electron chi connectivity index (χ2n) is 3.82. The average Bonchev–Trinajstić information content (AvgIpc) is 2.94. The summed E-state index contributed by atoms with van der Waals surface area (Å²) in [7, 11) is 1.65. The normalized spacial score (nSPS) is 13.9. The first-order chi connectivity index (χ1) is 9.19. The molecule has 0 fully saturated rings. The first-order valence-corrected chi connectivity index (χ1v) is 7.42. The quantitative estimate of drug-likeness (QED) is 0.792. The molecule has 0 radical (unpaired) electrons. The predicted molar refractivity (Wildman–Crippen MR) is 75.4 cm³/mol. The Balaban J connectivity index is 2.27. The van der Waals surface area contributed by atoms with Gasteiger partial charge in [-0.25, -0.2) is 4.79 Å². The zero-order valence-corrected chi connectivity index (χ0v) is 11.9. The van der Waals surface area contributed by atoms with Crippen LogP contribution in [0.1, 0.15) is 5.56 Å². The summed E-state index contributed by atoms with van der Waals surface area (Å²) in [5.74, 6) is -0.559. The van der Waals surface area contributed by atoms with E-state index in [4.69, 9.17) is 0 Å². The van der Waals surface area contributed by atoms with Gasteiger partial charge in [0.1, 0.15) is 5.51 Å². The minimum Gasteiger partial charge on any atom is -0.480 e. The third kappa shape index (κ3) is 2.94.